The van der Waals surface area contributed by atoms with Crippen LogP contribution < -0.4 is 5.43 Å². The van der Waals surface area contributed by atoms with Gasteiger partial charge in [-0.15, -0.1) is 0 Å². The third-order valence-electron chi connectivity index (χ3n) is 6.84. The molecule has 4 rings (SSSR count). The van der Waals surface area contributed by atoms with Crippen LogP contribution in [0.15, 0.2) is 0 Å². The van der Waals surface area contributed by atoms with Crippen molar-refractivity contribution in [2.24, 2.45) is 16.7 Å². The first kappa shape index (κ1) is 13.0. The zero-order valence-electron chi connectivity index (χ0n) is 12.4. The topological polar surface area (TPSA) is 50.8 Å². The molecule has 0 aromatic carbocycles. The van der Waals surface area contributed by atoms with Crippen LogP contribution in [-0.4, -0.2) is 49.4 Å². The first-order chi connectivity index (χ1) is 9.52. The molecule has 1 amide bonds. The lowest BCUT2D eigenvalue weighted by Gasteiger charge is -2.41. The number of hydrazine groups is 1. The van der Waals surface area contributed by atoms with E-state index >= 15 is 0 Å². The van der Waals surface area contributed by atoms with Gasteiger partial charge < -0.3 is 9.47 Å². The van der Waals surface area contributed by atoms with Gasteiger partial charge in [-0.05, 0) is 25.2 Å². The summed E-state index contributed by atoms with van der Waals surface area (Å²) in [4.78, 5) is 12.9. The van der Waals surface area contributed by atoms with Gasteiger partial charge in [-0.1, -0.05) is 13.8 Å². The summed E-state index contributed by atoms with van der Waals surface area (Å²) in [6, 6.07) is 0. The molecule has 2 aliphatic heterocycles. The predicted molar refractivity (Wildman–Crippen MR) is 72.8 cm³/mol. The Balaban J connectivity index is 1.57. The van der Waals surface area contributed by atoms with Gasteiger partial charge in [-0.25, -0.2) is 5.01 Å². The number of nitrogens with one attached hydrogen (secondary N) is 1. The molecule has 2 saturated heterocycles. The van der Waals surface area contributed by atoms with Crippen molar-refractivity contribution in [2.45, 2.75) is 38.7 Å². The Kier molecular flexibility index (Phi) is 2.58. The Morgan fingerprint density at radius 2 is 2.05 bits per heavy atom. The number of rotatable bonds is 2. The number of hydrogen-bond donors (Lipinski definition) is 1. The molecule has 5 heteroatoms. The average Bonchev–Trinajstić information content (AvgIpc) is 2.92. The number of nitrogens with zero attached hydrogens (tertiary/aromatic N) is 1. The van der Waals surface area contributed by atoms with E-state index < -0.39 is 5.60 Å². The molecule has 2 saturated carbocycles. The highest BCUT2D eigenvalue weighted by Crippen LogP contribution is 2.74. The highest BCUT2D eigenvalue weighted by Gasteiger charge is 2.78. The molecule has 0 aromatic heterocycles. The fourth-order valence-corrected chi connectivity index (χ4v) is 5.17. The number of ether oxygens (including phenoxy) is 2. The number of hydrogen-bond acceptors (Lipinski definition) is 4. The van der Waals surface area contributed by atoms with Gasteiger partial charge >= 0.3 is 0 Å². The van der Waals surface area contributed by atoms with Gasteiger partial charge in [0.05, 0.1) is 19.8 Å². The molecule has 0 radical (unpaired) electrons. The highest BCUT2D eigenvalue weighted by molar-refractivity contribution is 5.87. The van der Waals surface area contributed by atoms with Crippen LogP contribution in [0.3, 0.4) is 0 Å². The van der Waals surface area contributed by atoms with E-state index in [0.29, 0.717) is 19.1 Å². The molecule has 4 bridgehead atoms. The zero-order valence-corrected chi connectivity index (χ0v) is 12.4. The molecule has 0 unspecified atom stereocenters. The van der Waals surface area contributed by atoms with Crippen molar-refractivity contribution >= 4 is 5.91 Å². The summed E-state index contributed by atoms with van der Waals surface area (Å²) in [6.45, 7) is 8.23. The molecule has 2 heterocycles. The first-order valence-corrected chi connectivity index (χ1v) is 7.80. The van der Waals surface area contributed by atoms with E-state index in [9.17, 15) is 4.79 Å². The summed E-state index contributed by atoms with van der Waals surface area (Å²) in [5.74, 6) is 0.726. The van der Waals surface area contributed by atoms with E-state index in [-0.39, 0.29) is 16.7 Å². The van der Waals surface area contributed by atoms with E-state index in [4.69, 9.17) is 9.47 Å². The van der Waals surface area contributed by atoms with E-state index in [2.05, 4.69) is 19.3 Å². The van der Waals surface area contributed by atoms with E-state index in [1.807, 2.05) is 5.01 Å². The third kappa shape index (κ3) is 1.32. The van der Waals surface area contributed by atoms with Crippen molar-refractivity contribution in [2.75, 3.05) is 32.9 Å². The molecule has 0 spiro atoms. The van der Waals surface area contributed by atoms with Crippen LogP contribution in [0.1, 0.15) is 33.1 Å². The van der Waals surface area contributed by atoms with Crippen LogP contribution in [0.5, 0.6) is 0 Å². The summed E-state index contributed by atoms with van der Waals surface area (Å²) in [5.41, 5.74) is 2.69. The molecule has 2 aliphatic carbocycles. The summed E-state index contributed by atoms with van der Waals surface area (Å²) < 4.78 is 11.4. The normalized spacial score (nSPS) is 50.6. The number of carbonyl (C=O) groups excluding carboxylic acids is 1. The second kappa shape index (κ2) is 3.96. The summed E-state index contributed by atoms with van der Waals surface area (Å²) in [6.07, 6.45) is 3.27. The minimum absolute atomic E-state index is 0.00103. The van der Waals surface area contributed by atoms with Crippen LogP contribution in [0.25, 0.3) is 0 Å². The molecule has 1 N–H and O–H groups in total. The second-order valence-corrected chi connectivity index (χ2v) is 7.35. The Labute approximate surface area is 119 Å². The summed E-state index contributed by atoms with van der Waals surface area (Å²) >= 11 is 0. The number of carbonyl (C=O) groups is 1. The van der Waals surface area contributed by atoms with Crippen molar-refractivity contribution in [3.63, 3.8) is 0 Å². The maximum Gasteiger partial charge on any atom is 0.267 e. The maximum atomic E-state index is 12.9. The standard InChI is InChI=1S/C15H24N2O3/c1-13-10-20-15(9-11(13)3-4-14(13,15)2)12(18)16-17-5-7-19-8-6-17/h11H,3-10H2,1-2H3,(H,16,18)/t11-,13+,14-,15+/m1/s1. The first-order valence-electron chi connectivity index (χ1n) is 7.80. The van der Waals surface area contributed by atoms with Crippen molar-refractivity contribution in [3.05, 3.63) is 0 Å². The number of morpholine rings is 1. The molecule has 20 heavy (non-hydrogen) atoms. The van der Waals surface area contributed by atoms with Crippen molar-refractivity contribution in [1.82, 2.24) is 10.4 Å². The van der Waals surface area contributed by atoms with Crippen LogP contribution in [-0.2, 0) is 14.3 Å². The minimum atomic E-state index is -0.594. The van der Waals surface area contributed by atoms with Gasteiger partial charge in [0, 0.05) is 23.9 Å². The number of amides is 1. The SMILES string of the molecule is C[C@]12CC[C@@H]3C[C@@]1(C(=O)NN1CCOCC1)OC[C@@]32C. The smallest absolute Gasteiger partial charge is 0.267 e. The lowest BCUT2D eigenvalue weighted by molar-refractivity contribution is -0.162. The summed E-state index contributed by atoms with van der Waals surface area (Å²) in [7, 11) is 0. The van der Waals surface area contributed by atoms with Crippen LogP contribution in [0.4, 0.5) is 0 Å². The molecule has 4 atom stereocenters. The quantitative estimate of drug-likeness (QED) is 0.818. The molecule has 112 valence electrons. The van der Waals surface area contributed by atoms with Gasteiger partial charge in [0.1, 0.15) is 0 Å². The average molecular weight is 280 g/mol. The monoisotopic (exact) mass is 280 g/mol. The minimum Gasteiger partial charge on any atom is -0.379 e. The molecule has 4 fully saturated rings. The van der Waals surface area contributed by atoms with Crippen LogP contribution in [0, 0.1) is 16.7 Å². The van der Waals surface area contributed by atoms with Gasteiger partial charge in [-0.2, -0.15) is 0 Å². The predicted octanol–water partition coefficient (Wildman–Crippen LogP) is 0.945. The Bertz CT molecular complexity index is 450. The van der Waals surface area contributed by atoms with Gasteiger partial charge in [0.15, 0.2) is 5.60 Å². The Hall–Kier alpha value is -0.650. The van der Waals surface area contributed by atoms with Gasteiger partial charge in [-0.3, -0.25) is 10.2 Å². The van der Waals surface area contributed by atoms with E-state index in [1.165, 1.54) is 6.42 Å². The second-order valence-electron chi connectivity index (χ2n) is 7.35. The molecule has 5 nitrogen and oxygen atoms in total. The van der Waals surface area contributed by atoms with Crippen molar-refractivity contribution < 1.29 is 14.3 Å². The van der Waals surface area contributed by atoms with Gasteiger partial charge in [0.2, 0.25) is 0 Å². The van der Waals surface area contributed by atoms with Crippen LogP contribution in [0.2, 0.25) is 0 Å². The van der Waals surface area contributed by atoms with Crippen molar-refractivity contribution in [3.8, 4) is 0 Å². The summed E-state index contributed by atoms with van der Waals surface area (Å²) in [5, 5.41) is 1.98. The Morgan fingerprint density at radius 3 is 2.70 bits per heavy atom. The Morgan fingerprint density at radius 1 is 1.30 bits per heavy atom. The third-order valence-corrected chi connectivity index (χ3v) is 6.84. The molecular formula is C15H24N2O3. The van der Waals surface area contributed by atoms with Crippen molar-refractivity contribution in [1.29, 1.82) is 0 Å². The van der Waals surface area contributed by atoms with E-state index in [1.54, 1.807) is 0 Å². The highest BCUT2D eigenvalue weighted by atomic mass is 16.5. The lowest BCUT2D eigenvalue weighted by Crippen LogP contribution is -2.60. The lowest BCUT2D eigenvalue weighted by atomic mass is 9.66. The maximum absolute atomic E-state index is 12.9. The largest absolute Gasteiger partial charge is 0.379 e. The molecular weight excluding hydrogens is 256 g/mol. The molecule has 4 aliphatic rings. The van der Waals surface area contributed by atoms with E-state index in [0.717, 1.165) is 32.5 Å². The van der Waals surface area contributed by atoms with Gasteiger partial charge in [0.25, 0.3) is 5.91 Å². The molecule has 0 aromatic rings. The van der Waals surface area contributed by atoms with Crippen LogP contribution >= 0.6 is 0 Å². The fraction of sp³-hybridized carbons (Fsp3) is 0.933. The zero-order chi connectivity index (χ0) is 14.0. The fourth-order valence-electron chi connectivity index (χ4n) is 5.17.